The normalized spacial score (nSPS) is 20.2. The molecule has 1 spiro atoms. The number of hydrogen-bond donors (Lipinski definition) is 2. The molecule has 0 aliphatic carbocycles. The predicted octanol–water partition coefficient (Wildman–Crippen LogP) is 1.96. The van der Waals surface area contributed by atoms with Crippen molar-refractivity contribution in [2.45, 2.75) is 31.4 Å². The molecular formula is C16H17Cl2N3O4. The number of benzene rings is 1. The fourth-order valence-corrected chi connectivity index (χ4v) is 3.51. The highest BCUT2D eigenvalue weighted by atomic mass is 35.5. The second kappa shape index (κ2) is 6.72. The first-order chi connectivity index (χ1) is 11.8. The van der Waals surface area contributed by atoms with Crippen LogP contribution in [0.1, 0.15) is 19.8 Å². The zero-order valence-corrected chi connectivity index (χ0v) is 15.0. The monoisotopic (exact) mass is 385 g/mol. The zero-order valence-electron chi connectivity index (χ0n) is 13.5. The molecule has 0 radical (unpaired) electrons. The summed E-state index contributed by atoms with van der Waals surface area (Å²) in [6, 6.07) is 4.30. The molecule has 7 nitrogen and oxygen atoms in total. The van der Waals surface area contributed by atoms with Gasteiger partial charge in [0.2, 0.25) is 0 Å². The van der Waals surface area contributed by atoms with E-state index in [4.69, 9.17) is 27.9 Å². The molecule has 2 saturated heterocycles. The summed E-state index contributed by atoms with van der Waals surface area (Å²) in [4.78, 5) is 37.5. The van der Waals surface area contributed by atoms with E-state index in [2.05, 4.69) is 10.6 Å². The summed E-state index contributed by atoms with van der Waals surface area (Å²) in [5.41, 5.74) is -0.905. The molecule has 1 atom stereocenters. The molecule has 2 fully saturated rings. The van der Waals surface area contributed by atoms with Gasteiger partial charge in [-0.15, -0.1) is 0 Å². The van der Waals surface area contributed by atoms with Crippen LogP contribution in [-0.4, -0.2) is 47.5 Å². The number of nitrogens with one attached hydrogen (secondary N) is 2. The smallest absolute Gasteiger partial charge is 0.322 e. The maximum atomic E-state index is 12.6. The van der Waals surface area contributed by atoms with E-state index in [0.29, 0.717) is 41.7 Å². The van der Waals surface area contributed by atoms with E-state index < -0.39 is 17.7 Å². The highest BCUT2D eigenvalue weighted by molar-refractivity contribution is 6.35. The molecule has 2 aliphatic rings. The van der Waals surface area contributed by atoms with Crippen molar-refractivity contribution in [2.75, 3.05) is 13.1 Å². The van der Waals surface area contributed by atoms with Gasteiger partial charge in [-0.05, 0) is 38.0 Å². The number of amides is 4. The Labute approximate surface area is 154 Å². The molecule has 1 aromatic carbocycles. The van der Waals surface area contributed by atoms with E-state index in [1.165, 1.54) is 0 Å². The second-order valence-electron chi connectivity index (χ2n) is 6.15. The van der Waals surface area contributed by atoms with Gasteiger partial charge in [0.05, 0.1) is 5.02 Å². The second-order valence-corrected chi connectivity index (χ2v) is 6.99. The van der Waals surface area contributed by atoms with Crippen molar-refractivity contribution in [2.24, 2.45) is 0 Å². The molecule has 134 valence electrons. The third-order valence-corrected chi connectivity index (χ3v) is 5.02. The van der Waals surface area contributed by atoms with Crippen molar-refractivity contribution in [1.82, 2.24) is 15.5 Å². The molecule has 2 aliphatic heterocycles. The van der Waals surface area contributed by atoms with E-state index in [0.717, 1.165) is 0 Å². The van der Waals surface area contributed by atoms with Crippen molar-refractivity contribution in [3.8, 4) is 5.75 Å². The Balaban J connectivity index is 1.60. The van der Waals surface area contributed by atoms with Gasteiger partial charge in [0.25, 0.3) is 11.8 Å². The first-order valence-electron chi connectivity index (χ1n) is 7.85. The van der Waals surface area contributed by atoms with Gasteiger partial charge in [0.1, 0.15) is 11.3 Å². The number of rotatable bonds is 3. The molecule has 1 aromatic rings. The summed E-state index contributed by atoms with van der Waals surface area (Å²) < 4.78 is 5.64. The molecule has 4 amide bonds. The van der Waals surface area contributed by atoms with Gasteiger partial charge in [-0.3, -0.25) is 14.9 Å². The van der Waals surface area contributed by atoms with Crippen molar-refractivity contribution >= 4 is 41.0 Å². The minimum absolute atomic E-state index is 0.203. The maximum absolute atomic E-state index is 12.6. The summed E-state index contributed by atoms with van der Waals surface area (Å²) in [5.74, 6) is -0.157. The summed E-state index contributed by atoms with van der Waals surface area (Å²) in [6.07, 6.45) is -0.00475. The summed E-state index contributed by atoms with van der Waals surface area (Å²) in [7, 11) is 0. The molecule has 0 saturated carbocycles. The van der Waals surface area contributed by atoms with E-state index >= 15 is 0 Å². The summed E-state index contributed by atoms with van der Waals surface area (Å²) >= 11 is 11.9. The topological polar surface area (TPSA) is 87.7 Å². The standard InChI is InChI=1S/C16H17Cl2N3O4/c1-9(25-12-3-2-10(17)8-11(12)18)13(22)21-6-4-16(5-7-21)14(23)19-15(24)20-16/h2-3,8-9H,4-7H2,1H3,(H2,19,20,23,24). The van der Waals surface area contributed by atoms with Crippen LogP contribution < -0.4 is 15.4 Å². The van der Waals surface area contributed by atoms with Crippen molar-refractivity contribution < 1.29 is 19.1 Å². The number of halogens is 2. The molecule has 25 heavy (non-hydrogen) atoms. The van der Waals surface area contributed by atoms with Gasteiger partial charge in [0.15, 0.2) is 6.10 Å². The Bertz CT molecular complexity index is 732. The van der Waals surface area contributed by atoms with Gasteiger partial charge in [0, 0.05) is 18.1 Å². The average molecular weight is 386 g/mol. The lowest BCUT2D eigenvalue weighted by atomic mass is 9.87. The quantitative estimate of drug-likeness (QED) is 0.778. The third-order valence-electron chi connectivity index (χ3n) is 4.49. The van der Waals surface area contributed by atoms with E-state index in [-0.39, 0.29) is 11.8 Å². The fourth-order valence-electron chi connectivity index (χ4n) is 3.06. The van der Waals surface area contributed by atoms with E-state index in [1.54, 1.807) is 30.0 Å². The van der Waals surface area contributed by atoms with Gasteiger partial charge in [-0.25, -0.2) is 4.79 Å². The van der Waals surface area contributed by atoms with Crippen LogP contribution in [0.15, 0.2) is 18.2 Å². The molecular weight excluding hydrogens is 369 g/mol. The van der Waals surface area contributed by atoms with E-state index in [9.17, 15) is 14.4 Å². The average Bonchev–Trinajstić information content (AvgIpc) is 2.83. The summed E-state index contributed by atoms with van der Waals surface area (Å²) in [5, 5.41) is 5.72. The van der Waals surface area contributed by atoms with E-state index in [1.807, 2.05) is 0 Å². The van der Waals surface area contributed by atoms with Crippen LogP contribution in [0.4, 0.5) is 4.79 Å². The largest absolute Gasteiger partial charge is 0.479 e. The Morgan fingerprint density at radius 1 is 1.28 bits per heavy atom. The number of likely N-dealkylation sites (tertiary alicyclic amines) is 1. The number of carbonyl (C=O) groups is 3. The lowest BCUT2D eigenvalue weighted by molar-refractivity contribution is -0.141. The van der Waals surface area contributed by atoms with Crippen LogP contribution in [0.5, 0.6) is 5.75 Å². The minimum atomic E-state index is -0.905. The highest BCUT2D eigenvalue weighted by Crippen LogP contribution is 2.29. The predicted molar refractivity (Wildman–Crippen MR) is 91.8 cm³/mol. The molecule has 3 rings (SSSR count). The fraction of sp³-hybridized carbons (Fsp3) is 0.438. The maximum Gasteiger partial charge on any atom is 0.322 e. The Morgan fingerprint density at radius 3 is 2.52 bits per heavy atom. The van der Waals surface area contributed by atoms with Crippen LogP contribution >= 0.6 is 23.2 Å². The third kappa shape index (κ3) is 3.52. The molecule has 2 heterocycles. The number of piperidine rings is 1. The Morgan fingerprint density at radius 2 is 1.96 bits per heavy atom. The number of carbonyl (C=O) groups excluding carboxylic acids is 3. The van der Waals surface area contributed by atoms with Crippen molar-refractivity contribution in [3.63, 3.8) is 0 Å². The van der Waals surface area contributed by atoms with Gasteiger partial charge < -0.3 is 15.0 Å². The number of ether oxygens (including phenoxy) is 1. The molecule has 9 heteroatoms. The van der Waals surface area contributed by atoms with Crippen molar-refractivity contribution in [3.05, 3.63) is 28.2 Å². The lowest BCUT2D eigenvalue weighted by Gasteiger charge is -2.37. The lowest BCUT2D eigenvalue weighted by Crippen LogP contribution is -2.57. The van der Waals surface area contributed by atoms with Gasteiger partial charge in [-0.1, -0.05) is 23.2 Å². The van der Waals surface area contributed by atoms with Crippen molar-refractivity contribution in [1.29, 1.82) is 0 Å². The van der Waals surface area contributed by atoms with Crippen LogP contribution in [-0.2, 0) is 9.59 Å². The van der Waals surface area contributed by atoms with Crippen LogP contribution in [0.2, 0.25) is 10.0 Å². The zero-order chi connectivity index (χ0) is 18.2. The number of hydrogen-bond acceptors (Lipinski definition) is 4. The highest BCUT2D eigenvalue weighted by Gasteiger charge is 2.48. The summed E-state index contributed by atoms with van der Waals surface area (Å²) in [6.45, 7) is 2.35. The minimum Gasteiger partial charge on any atom is -0.479 e. The van der Waals surface area contributed by atoms with Gasteiger partial charge in [-0.2, -0.15) is 0 Å². The molecule has 1 unspecified atom stereocenters. The first-order valence-corrected chi connectivity index (χ1v) is 8.60. The number of nitrogens with zero attached hydrogens (tertiary/aromatic N) is 1. The Kier molecular flexibility index (Phi) is 4.79. The first kappa shape index (κ1) is 17.8. The molecule has 0 aromatic heterocycles. The SMILES string of the molecule is CC(Oc1ccc(Cl)cc1Cl)C(=O)N1CCC2(CC1)NC(=O)NC2=O. The Hall–Kier alpha value is -1.99. The van der Waals surface area contributed by atoms with Crippen LogP contribution in [0, 0.1) is 0 Å². The van der Waals surface area contributed by atoms with Crippen LogP contribution in [0.3, 0.4) is 0 Å². The molecule has 0 bridgehead atoms. The molecule has 2 N–H and O–H groups in total. The number of urea groups is 1. The van der Waals surface area contributed by atoms with Gasteiger partial charge >= 0.3 is 6.03 Å². The van der Waals surface area contributed by atoms with Crippen LogP contribution in [0.25, 0.3) is 0 Å². The number of imide groups is 1.